The maximum atomic E-state index is 12.8. The fourth-order valence-corrected chi connectivity index (χ4v) is 3.78. The van der Waals surface area contributed by atoms with Crippen LogP contribution in [-0.2, 0) is 19.1 Å². The molecule has 1 aliphatic heterocycles. The number of amides is 2. The fraction of sp³-hybridized carbons (Fsp3) is 0.545. The summed E-state index contributed by atoms with van der Waals surface area (Å²) in [6.07, 6.45) is 2.13. The third-order valence-electron chi connectivity index (χ3n) is 5.51. The van der Waals surface area contributed by atoms with Gasteiger partial charge in [0.1, 0.15) is 11.9 Å². The Morgan fingerprint density at radius 1 is 1.30 bits per heavy atom. The quantitative estimate of drug-likeness (QED) is 0.0775. The van der Waals surface area contributed by atoms with Gasteiger partial charge in [-0.25, -0.2) is 4.79 Å². The summed E-state index contributed by atoms with van der Waals surface area (Å²) >= 11 is 0. The Bertz CT molecular complexity index is 1080. The summed E-state index contributed by atoms with van der Waals surface area (Å²) in [6.45, 7) is 4.23. The maximum Gasteiger partial charge on any atom is 0.351 e. The third kappa shape index (κ3) is 9.20. The topological polar surface area (TPSA) is 262 Å². The first-order chi connectivity index (χ1) is 17.4. The zero-order chi connectivity index (χ0) is 27.7. The largest absolute Gasteiger partial charge is 0.547 e. The first-order valence-electron chi connectivity index (χ1n) is 11.8. The average molecular weight is 523 g/mol. The van der Waals surface area contributed by atoms with Crippen LogP contribution in [0.15, 0.2) is 29.2 Å². The lowest BCUT2D eigenvalue weighted by Gasteiger charge is -2.34. The minimum absolute atomic E-state index is 0.000830. The maximum absolute atomic E-state index is 12.8. The van der Waals surface area contributed by atoms with Gasteiger partial charge >= 0.3 is 11.6 Å². The molecular formula is C22H36N9O6+. The second-order valence-corrected chi connectivity index (χ2v) is 9.19. The Morgan fingerprint density at radius 2 is 2.00 bits per heavy atom. The number of hydrogen-bond acceptors (Lipinski definition) is 8. The Hall–Kier alpha value is -3.98. The lowest BCUT2D eigenvalue weighted by Crippen LogP contribution is -2.78. The van der Waals surface area contributed by atoms with Gasteiger partial charge in [-0.15, -0.1) is 0 Å². The van der Waals surface area contributed by atoms with Crippen LogP contribution in [-0.4, -0.2) is 64.1 Å². The van der Waals surface area contributed by atoms with E-state index in [1.165, 1.54) is 24.4 Å². The minimum Gasteiger partial charge on any atom is -0.547 e. The highest BCUT2D eigenvalue weighted by atomic mass is 16.5. The molecule has 2 amide bonds. The molecule has 15 nitrogen and oxygen atoms in total. The Balaban J connectivity index is 2.11. The van der Waals surface area contributed by atoms with Crippen LogP contribution in [0.1, 0.15) is 39.3 Å². The van der Waals surface area contributed by atoms with Crippen LogP contribution in [0.3, 0.4) is 0 Å². The Kier molecular flexibility index (Phi) is 10.6. The van der Waals surface area contributed by atoms with Crippen LogP contribution in [0.2, 0.25) is 0 Å². The molecule has 0 radical (unpaired) electrons. The van der Waals surface area contributed by atoms with Gasteiger partial charge in [0.05, 0.1) is 18.6 Å². The molecule has 1 aromatic rings. The number of guanidine groups is 1. The first kappa shape index (κ1) is 29.3. The zero-order valence-electron chi connectivity index (χ0n) is 20.9. The van der Waals surface area contributed by atoms with E-state index < -0.39 is 48.0 Å². The number of carbonyl (C=O) groups is 3. The van der Waals surface area contributed by atoms with Gasteiger partial charge in [0.25, 0.3) is 5.91 Å². The fourth-order valence-electron chi connectivity index (χ4n) is 3.78. The van der Waals surface area contributed by atoms with E-state index in [0.29, 0.717) is 12.8 Å². The van der Waals surface area contributed by atoms with Crippen LogP contribution in [0.25, 0.3) is 0 Å². The number of ether oxygens (including phenoxy) is 1. The number of carboxylic acid groups (broad SMARTS) is 1. The number of aliphatic carboxylic acids is 1. The number of nitrogens with one attached hydrogen (secondary N) is 3. The molecule has 5 atom stereocenters. The standard InChI is InChI=1S/C22H35N9O6/c1-11(2)9-13(23)19(33)28-12(5-7-27-21(25)26)10-16(32)29-14-3-4-17(37-18(14)20(34)35)31-8-6-15(24)30-22(31)36/h3-4,6,8,11-14,17-18H,5,7,9-10,23H2,1-2H3,(H,28,33)(H,29,32)(H,34,35)(H2,24,30,36)(H4,25,26,27)/p+1/t12-,13-,14-,17+,18-/m0/s1. The van der Waals surface area contributed by atoms with E-state index in [1.54, 1.807) is 0 Å². The highest BCUT2D eigenvalue weighted by Gasteiger charge is 2.32. The number of rotatable bonds is 12. The summed E-state index contributed by atoms with van der Waals surface area (Å²) in [5.74, 6) is -2.19. The molecule has 0 saturated carbocycles. The van der Waals surface area contributed by atoms with E-state index in [1.807, 2.05) is 13.8 Å². The van der Waals surface area contributed by atoms with Gasteiger partial charge in [0.2, 0.25) is 5.91 Å². The highest BCUT2D eigenvalue weighted by molar-refractivity contribution is 5.83. The molecule has 0 aromatic carbocycles. The number of nitrogen functional groups attached to an aromatic ring is 1. The van der Waals surface area contributed by atoms with Gasteiger partial charge in [0.15, 0.2) is 12.3 Å². The predicted molar refractivity (Wildman–Crippen MR) is 129 cm³/mol. The summed E-state index contributed by atoms with van der Waals surface area (Å²) in [6, 6.07) is -0.852. The van der Waals surface area contributed by atoms with E-state index in [9.17, 15) is 24.3 Å². The van der Waals surface area contributed by atoms with E-state index in [4.69, 9.17) is 21.9 Å². The van der Waals surface area contributed by atoms with E-state index in [0.717, 1.165) is 4.57 Å². The number of quaternary nitrogens is 1. The zero-order valence-corrected chi connectivity index (χ0v) is 20.9. The summed E-state index contributed by atoms with van der Waals surface area (Å²) in [5.41, 5.74) is 19.4. The average Bonchev–Trinajstić information content (AvgIpc) is 2.78. The van der Waals surface area contributed by atoms with Gasteiger partial charge in [-0.2, -0.15) is 4.98 Å². The molecule has 12 N–H and O–H groups in total. The summed E-state index contributed by atoms with van der Waals surface area (Å²) in [4.78, 5) is 55.6. The van der Waals surface area contributed by atoms with Crippen LogP contribution in [0.4, 0.5) is 5.82 Å². The molecule has 2 rings (SSSR count). The van der Waals surface area contributed by atoms with Crippen LogP contribution < -0.4 is 49.4 Å². The number of aromatic nitrogens is 2. The van der Waals surface area contributed by atoms with Crippen molar-refractivity contribution in [2.24, 2.45) is 17.4 Å². The van der Waals surface area contributed by atoms with Crippen LogP contribution in [0, 0.1) is 5.92 Å². The third-order valence-corrected chi connectivity index (χ3v) is 5.51. The number of nitrogens with two attached hydrogens (primary N) is 3. The number of nitrogens with zero attached hydrogens (tertiary/aromatic N) is 2. The molecule has 1 aliphatic rings. The lowest BCUT2D eigenvalue weighted by molar-refractivity contribution is -0.460. The lowest BCUT2D eigenvalue weighted by atomic mass is 10.0. The van der Waals surface area contributed by atoms with Crippen molar-refractivity contribution in [1.29, 1.82) is 0 Å². The van der Waals surface area contributed by atoms with Crippen molar-refractivity contribution in [3.05, 3.63) is 34.9 Å². The molecule has 0 spiro atoms. The molecule has 0 bridgehead atoms. The highest BCUT2D eigenvalue weighted by Crippen LogP contribution is 2.20. The molecule has 0 saturated heterocycles. The summed E-state index contributed by atoms with van der Waals surface area (Å²) in [7, 11) is 0. The second kappa shape index (κ2) is 13.4. The second-order valence-electron chi connectivity index (χ2n) is 9.19. The smallest absolute Gasteiger partial charge is 0.351 e. The SMILES string of the molecule is CC(C)C[C@H]([NH3+])C(=O)N[C@@H](CC[NH+]=C(N)N)CC(=O)N[C@H]1C=C[C@H](n2ccc(N)nc2=O)O[C@@H]1C(=O)[O-]. The molecule has 1 aromatic heterocycles. The van der Waals surface area contributed by atoms with Crippen molar-refractivity contribution < 1.29 is 35.0 Å². The number of carboxylic acids is 1. The molecule has 0 aliphatic carbocycles. The van der Waals surface area contributed by atoms with Gasteiger partial charge in [-0.1, -0.05) is 19.9 Å². The summed E-state index contributed by atoms with van der Waals surface area (Å²) in [5, 5.41) is 17.1. The molecule has 0 fully saturated rings. The monoisotopic (exact) mass is 522 g/mol. The van der Waals surface area contributed by atoms with Gasteiger partial charge in [-0.3, -0.25) is 30.6 Å². The molecule has 37 heavy (non-hydrogen) atoms. The number of hydrogen-bond donors (Lipinski definition) is 7. The van der Waals surface area contributed by atoms with E-state index in [2.05, 4.69) is 26.3 Å². The number of anilines is 1. The Morgan fingerprint density at radius 3 is 2.59 bits per heavy atom. The molecule has 2 heterocycles. The predicted octanol–water partition coefficient (Wildman–Crippen LogP) is -6.21. The van der Waals surface area contributed by atoms with Crippen LogP contribution in [0.5, 0.6) is 0 Å². The van der Waals surface area contributed by atoms with Crippen LogP contribution >= 0.6 is 0 Å². The molecular weight excluding hydrogens is 486 g/mol. The first-order valence-corrected chi connectivity index (χ1v) is 11.8. The molecule has 0 unspecified atom stereocenters. The minimum atomic E-state index is -1.60. The Labute approximate surface area is 213 Å². The van der Waals surface area contributed by atoms with Crippen molar-refractivity contribution in [2.75, 3.05) is 12.3 Å². The van der Waals surface area contributed by atoms with Crippen molar-refractivity contribution in [1.82, 2.24) is 20.2 Å². The number of carbonyl (C=O) groups excluding carboxylic acids is 3. The summed E-state index contributed by atoms with van der Waals surface area (Å²) < 4.78 is 6.54. The molecule has 15 heteroatoms. The van der Waals surface area contributed by atoms with Crippen molar-refractivity contribution in [2.45, 2.75) is 63.6 Å². The van der Waals surface area contributed by atoms with E-state index >= 15 is 0 Å². The van der Waals surface area contributed by atoms with Gasteiger partial charge < -0.3 is 36.7 Å². The normalized spacial score (nSPS) is 20.6. The van der Waals surface area contributed by atoms with Gasteiger partial charge in [-0.05, 0) is 24.5 Å². The van der Waals surface area contributed by atoms with Crippen molar-refractivity contribution in [3.8, 4) is 0 Å². The van der Waals surface area contributed by atoms with Crippen molar-refractivity contribution >= 4 is 29.6 Å². The van der Waals surface area contributed by atoms with Crippen molar-refractivity contribution in [3.63, 3.8) is 0 Å². The van der Waals surface area contributed by atoms with Gasteiger partial charge in [0, 0.05) is 25.1 Å². The van der Waals surface area contributed by atoms with E-state index in [-0.39, 0.29) is 36.6 Å². The molecule has 204 valence electrons.